The number of carbonyl (C=O) groups excluding carboxylic acids is 1. The highest BCUT2D eigenvalue weighted by Crippen LogP contribution is 2.24. The average Bonchev–Trinajstić information content (AvgIpc) is 2.68. The van der Waals surface area contributed by atoms with Crippen molar-refractivity contribution in [2.24, 2.45) is 5.73 Å². The van der Waals surface area contributed by atoms with Gasteiger partial charge >= 0.3 is 0 Å². The van der Waals surface area contributed by atoms with Gasteiger partial charge in [-0.2, -0.15) is 0 Å². The first-order valence-electron chi connectivity index (χ1n) is 4.93. The van der Waals surface area contributed by atoms with E-state index in [1.54, 1.807) is 0 Å². The molecular formula is C10H15NO6. The quantitative estimate of drug-likeness (QED) is 0.425. The maximum atomic E-state index is 10.9. The smallest absolute Gasteiger partial charge is 0.252 e. The molecular weight excluding hydrogens is 230 g/mol. The summed E-state index contributed by atoms with van der Waals surface area (Å²) in [4.78, 5) is 10.9. The van der Waals surface area contributed by atoms with Gasteiger partial charge in [0.25, 0.3) is 5.91 Å². The van der Waals surface area contributed by atoms with E-state index in [-0.39, 0.29) is 17.1 Å². The van der Waals surface area contributed by atoms with Crippen LogP contribution in [-0.2, 0) is 0 Å². The van der Waals surface area contributed by atoms with E-state index in [2.05, 4.69) is 0 Å². The molecule has 7 nitrogen and oxygen atoms in total. The van der Waals surface area contributed by atoms with Gasteiger partial charge in [-0.1, -0.05) is 0 Å². The normalized spacial score (nSPS) is 16.5. The molecule has 1 aromatic heterocycles. The summed E-state index contributed by atoms with van der Waals surface area (Å²) in [6, 6.07) is 1.19. The van der Waals surface area contributed by atoms with Gasteiger partial charge in [-0.25, -0.2) is 0 Å². The van der Waals surface area contributed by atoms with Gasteiger partial charge in [0.05, 0.1) is 12.2 Å². The number of nitrogens with two attached hydrogens (primary N) is 1. The number of primary amides is 1. The maximum absolute atomic E-state index is 10.9. The number of aliphatic hydroxyl groups excluding tert-OH is 4. The number of hydrogen-bond donors (Lipinski definition) is 5. The molecule has 0 saturated carbocycles. The summed E-state index contributed by atoms with van der Waals surface area (Å²) in [5, 5.41) is 36.9. The predicted octanol–water partition coefficient (Wildman–Crippen LogP) is -1.57. The monoisotopic (exact) mass is 245 g/mol. The Balaban J connectivity index is 2.93. The Hall–Kier alpha value is -1.41. The van der Waals surface area contributed by atoms with Crippen molar-refractivity contribution in [3.8, 4) is 0 Å². The van der Waals surface area contributed by atoms with Crippen LogP contribution in [0.15, 0.2) is 10.5 Å². The Bertz CT molecular complexity index is 402. The average molecular weight is 245 g/mol. The molecule has 0 radical (unpaired) electrons. The van der Waals surface area contributed by atoms with E-state index < -0.39 is 30.8 Å². The van der Waals surface area contributed by atoms with Crippen LogP contribution in [-0.4, -0.2) is 45.1 Å². The number of aryl methyl sites for hydroxylation is 1. The van der Waals surface area contributed by atoms with Crippen molar-refractivity contribution in [2.75, 3.05) is 6.61 Å². The first kappa shape index (κ1) is 13.7. The lowest BCUT2D eigenvalue weighted by molar-refractivity contribution is -0.0837. The molecule has 0 aliphatic rings. The van der Waals surface area contributed by atoms with E-state index in [4.69, 9.17) is 20.4 Å². The zero-order valence-electron chi connectivity index (χ0n) is 9.20. The fourth-order valence-corrected chi connectivity index (χ4v) is 1.38. The fourth-order valence-electron chi connectivity index (χ4n) is 1.38. The Morgan fingerprint density at radius 2 is 2.06 bits per heavy atom. The van der Waals surface area contributed by atoms with Crippen LogP contribution in [0.2, 0.25) is 0 Å². The summed E-state index contributed by atoms with van der Waals surface area (Å²) < 4.78 is 5.05. The van der Waals surface area contributed by atoms with Crippen molar-refractivity contribution in [3.63, 3.8) is 0 Å². The lowest BCUT2D eigenvalue weighted by Crippen LogP contribution is -2.34. The molecule has 96 valence electrons. The van der Waals surface area contributed by atoms with Crippen LogP contribution in [0, 0.1) is 6.92 Å². The van der Waals surface area contributed by atoms with E-state index in [1.165, 1.54) is 13.0 Å². The second-order valence-electron chi connectivity index (χ2n) is 3.67. The minimum Gasteiger partial charge on any atom is -0.463 e. The summed E-state index contributed by atoms with van der Waals surface area (Å²) in [5.74, 6) is -0.615. The molecule has 0 aliphatic heterocycles. The van der Waals surface area contributed by atoms with Gasteiger partial charge in [-0.15, -0.1) is 0 Å². The highest BCUT2D eigenvalue weighted by Gasteiger charge is 2.29. The maximum Gasteiger partial charge on any atom is 0.252 e. The third-order valence-electron chi connectivity index (χ3n) is 2.40. The summed E-state index contributed by atoms with van der Waals surface area (Å²) in [6.45, 7) is 0.770. The van der Waals surface area contributed by atoms with Crippen molar-refractivity contribution in [1.29, 1.82) is 0 Å². The minimum atomic E-state index is -1.62. The molecule has 1 rings (SSSR count). The second kappa shape index (κ2) is 5.28. The zero-order chi connectivity index (χ0) is 13.2. The van der Waals surface area contributed by atoms with Gasteiger partial charge in [-0.05, 0) is 13.0 Å². The molecule has 7 heteroatoms. The number of aliphatic hydroxyl groups is 4. The molecule has 0 fully saturated rings. The van der Waals surface area contributed by atoms with Gasteiger partial charge in [0, 0.05) is 0 Å². The molecule has 0 aliphatic carbocycles. The second-order valence-corrected chi connectivity index (χ2v) is 3.67. The first-order valence-corrected chi connectivity index (χ1v) is 4.93. The molecule has 0 aromatic carbocycles. The van der Waals surface area contributed by atoms with E-state index in [9.17, 15) is 15.0 Å². The van der Waals surface area contributed by atoms with Crippen LogP contribution in [0.5, 0.6) is 0 Å². The molecule has 1 heterocycles. The van der Waals surface area contributed by atoms with Crippen molar-refractivity contribution in [3.05, 3.63) is 23.2 Å². The number of hydrogen-bond acceptors (Lipinski definition) is 6. The Morgan fingerprint density at radius 3 is 2.47 bits per heavy atom. The number of carbonyl (C=O) groups is 1. The topological polar surface area (TPSA) is 137 Å². The van der Waals surface area contributed by atoms with Crippen LogP contribution in [0.3, 0.4) is 0 Å². The standard InChI is InChI=1S/C10H15NO6/c1-4-5(10(11)16)2-7(17-4)9(15)8(14)6(13)3-12/h2,6,8-9,12-15H,3H2,1H3,(H2,11,16)/t6-,8-,9-/m1/s1. The van der Waals surface area contributed by atoms with Crippen LogP contribution in [0.25, 0.3) is 0 Å². The van der Waals surface area contributed by atoms with Gasteiger partial charge in [0.2, 0.25) is 0 Å². The summed E-state index contributed by atoms with van der Waals surface area (Å²) in [7, 11) is 0. The van der Waals surface area contributed by atoms with Crippen LogP contribution in [0.1, 0.15) is 28.0 Å². The molecule has 0 unspecified atom stereocenters. The van der Waals surface area contributed by atoms with Crippen molar-refractivity contribution in [2.45, 2.75) is 25.2 Å². The van der Waals surface area contributed by atoms with E-state index >= 15 is 0 Å². The predicted molar refractivity (Wildman–Crippen MR) is 56.0 cm³/mol. The van der Waals surface area contributed by atoms with Crippen molar-refractivity contribution >= 4 is 5.91 Å². The van der Waals surface area contributed by atoms with E-state index in [1.807, 2.05) is 0 Å². The molecule has 0 bridgehead atoms. The molecule has 6 N–H and O–H groups in total. The van der Waals surface area contributed by atoms with Crippen LogP contribution >= 0.6 is 0 Å². The lowest BCUT2D eigenvalue weighted by Gasteiger charge is -2.19. The summed E-state index contributed by atoms with van der Waals surface area (Å²) in [6.07, 6.45) is -4.68. The molecule has 3 atom stereocenters. The third-order valence-corrected chi connectivity index (χ3v) is 2.40. The number of furan rings is 1. The molecule has 1 amide bonds. The molecule has 0 saturated heterocycles. The first-order chi connectivity index (χ1) is 7.88. The highest BCUT2D eigenvalue weighted by molar-refractivity contribution is 5.93. The minimum absolute atomic E-state index is 0.0877. The van der Waals surface area contributed by atoms with E-state index in [0.717, 1.165) is 0 Å². The Labute approximate surface area is 97.1 Å². The number of rotatable bonds is 5. The van der Waals surface area contributed by atoms with Gasteiger partial charge in [-0.3, -0.25) is 4.79 Å². The van der Waals surface area contributed by atoms with Crippen LogP contribution < -0.4 is 5.73 Å². The molecule has 17 heavy (non-hydrogen) atoms. The largest absolute Gasteiger partial charge is 0.463 e. The number of amides is 1. The summed E-state index contributed by atoms with van der Waals surface area (Å²) in [5.41, 5.74) is 5.15. The van der Waals surface area contributed by atoms with Gasteiger partial charge in [0.15, 0.2) is 0 Å². The molecule has 1 aromatic rings. The Morgan fingerprint density at radius 1 is 1.47 bits per heavy atom. The van der Waals surface area contributed by atoms with Crippen molar-refractivity contribution in [1.82, 2.24) is 0 Å². The zero-order valence-corrected chi connectivity index (χ0v) is 9.20. The van der Waals surface area contributed by atoms with E-state index in [0.29, 0.717) is 0 Å². The fraction of sp³-hybridized carbons (Fsp3) is 0.500. The summed E-state index contributed by atoms with van der Waals surface area (Å²) >= 11 is 0. The lowest BCUT2D eigenvalue weighted by atomic mass is 10.1. The van der Waals surface area contributed by atoms with Crippen LogP contribution in [0.4, 0.5) is 0 Å². The Kier molecular flexibility index (Phi) is 4.24. The van der Waals surface area contributed by atoms with Crippen molar-refractivity contribution < 1.29 is 29.6 Å². The third kappa shape index (κ3) is 2.83. The highest BCUT2D eigenvalue weighted by atomic mass is 16.4. The van der Waals surface area contributed by atoms with Gasteiger partial charge in [0.1, 0.15) is 29.8 Å². The SMILES string of the molecule is Cc1oc([C@@H](O)[C@H](O)[C@H](O)CO)cc1C(N)=O. The molecule has 0 spiro atoms. The van der Waals surface area contributed by atoms with Gasteiger partial charge < -0.3 is 30.6 Å².